The van der Waals surface area contributed by atoms with Crippen LogP contribution < -0.4 is 10.0 Å². The molecule has 8 heteroatoms. The molecule has 0 saturated heterocycles. The van der Waals surface area contributed by atoms with Crippen LogP contribution in [0, 0.1) is 0 Å². The van der Waals surface area contributed by atoms with Crippen LogP contribution in [0.25, 0.3) is 0 Å². The molecule has 2 N–H and O–H groups in total. The van der Waals surface area contributed by atoms with Crippen molar-refractivity contribution in [3.8, 4) is 0 Å². The molecule has 0 fully saturated rings. The quantitative estimate of drug-likeness (QED) is 0.784. The summed E-state index contributed by atoms with van der Waals surface area (Å²) in [5.74, 6) is 0. The number of nitrogens with one attached hydrogen (secondary N) is 2. The number of pyridine rings is 1. The number of nitrogens with zero attached hydrogens (tertiary/aromatic N) is 3. The van der Waals surface area contributed by atoms with Gasteiger partial charge in [0.1, 0.15) is 0 Å². The molecular formula is C12H17N5O2S. The average molecular weight is 295 g/mol. The van der Waals surface area contributed by atoms with Crippen LogP contribution in [0.4, 0.5) is 0 Å². The topological polar surface area (TPSA) is 88.9 Å². The Morgan fingerprint density at radius 2 is 2.00 bits per heavy atom. The zero-order valence-corrected chi connectivity index (χ0v) is 12.2. The Kier molecular flexibility index (Phi) is 4.48. The molecule has 0 aliphatic rings. The van der Waals surface area contributed by atoms with Gasteiger partial charge in [0.2, 0.25) is 0 Å². The summed E-state index contributed by atoms with van der Waals surface area (Å²) in [5.41, 5.74) is 1.72. The molecule has 0 saturated carbocycles. The SMILES string of the molecule is CNCc1ccc(S(=O)(=O)NCc2cnn(C)c2)nc1. The third-order valence-corrected chi connectivity index (χ3v) is 4.00. The molecule has 2 aromatic heterocycles. The number of rotatable bonds is 6. The van der Waals surface area contributed by atoms with E-state index in [1.807, 2.05) is 7.05 Å². The van der Waals surface area contributed by atoms with Gasteiger partial charge in [0, 0.05) is 38.1 Å². The van der Waals surface area contributed by atoms with Crippen molar-refractivity contribution in [3.63, 3.8) is 0 Å². The predicted octanol–water partition coefficient (Wildman–Crippen LogP) is 0.0130. The van der Waals surface area contributed by atoms with Crippen LogP contribution in [-0.2, 0) is 30.2 Å². The zero-order valence-electron chi connectivity index (χ0n) is 11.4. The number of hydrogen-bond acceptors (Lipinski definition) is 5. The van der Waals surface area contributed by atoms with Crippen molar-refractivity contribution in [1.29, 1.82) is 0 Å². The first-order valence-corrected chi connectivity index (χ1v) is 7.56. The molecule has 0 bridgehead atoms. The van der Waals surface area contributed by atoms with E-state index >= 15 is 0 Å². The standard InChI is InChI=1S/C12H17N5O2S/c1-13-5-10-3-4-12(14-6-10)20(18,19)16-8-11-7-15-17(2)9-11/h3-4,6-7,9,13,16H,5,8H2,1-2H3. The van der Waals surface area contributed by atoms with Crippen LogP contribution in [0.2, 0.25) is 0 Å². The van der Waals surface area contributed by atoms with Crippen LogP contribution >= 0.6 is 0 Å². The van der Waals surface area contributed by atoms with E-state index in [9.17, 15) is 8.42 Å². The Morgan fingerprint density at radius 3 is 2.55 bits per heavy atom. The summed E-state index contributed by atoms with van der Waals surface area (Å²) in [6.45, 7) is 0.840. The zero-order chi connectivity index (χ0) is 14.6. The molecule has 2 heterocycles. The van der Waals surface area contributed by atoms with Crippen LogP contribution in [-0.4, -0.2) is 30.2 Å². The molecule has 0 amide bonds. The van der Waals surface area contributed by atoms with E-state index in [0.29, 0.717) is 6.54 Å². The van der Waals surface area contributed by atoms with Gasteiger partial charge in [0.15, 0.2) is 5.03 Å². The number of aromatic nitrogens is 3. The Bertz CT molecular complexity index is 663. The van der Waals surface area contributed by atoms with Crippen molar-refractivity contribution in [3.05, 3.63) is 41.9 Å². The lowest BCUT2D eigenvalue weighted by atomic mass is 10.3. The fourth-order valence-corrected chi connectivity index (χ4v) is 2.64. The van der Waals surface area contributed by atoms with Crippen LogP contribution in [0.5, 0.6) is 0 Å². The summed E-state index contributed by atoms with van der Waals surface area (Å²) in [5, 5.41) is 6.97. The van der Waals surface area contributed by atoms with Crippen molar-refractivity contribution >= 4 is 10.0 Å². The van der Waals surface area contributed by atoms with Crippen molar-refractivity contribution in [1.82, 2.24) is 24.8 Å². The highest BCUT2D eigenvalue weighted by Gasteiger charge is 2.15. The second kappa shape index (κ2) is 6.12. The lowest BCUT2D eigenvalue weighted by Crippen LogP contribution is -2.24. The van der Waals surface area contributed by atoms with Gasteiger partial charge in [-0.2, -0.15) is 5.10 Å². The summed E-state index contributed by atoms with van der Waals surface area (Å²) in [6, 6.07) is 3.24. The third-order valence-electron chi connectivity index (χ3n) is 2.68. The largest absolute Gasteiger partial charge is 0.316 e. The molecule has 20 heavy (non-hydrogen) atoms. The van der Waals surface area contributed by atoms with Gasteiger partial charge in [-0.3, -0.25) is 4.68 Å². The van der Waals surface area contributed by atoms with E-state index < -0.39 is 10.0 Å². The van der Waals surface area contributed by atoms with E-state index in [1.54, 1.807) is 36.4 Å². The van der Waals surface area contributed by atoms with Crippen LogP contribution in [0.3, 0.4) is 0 Å². The minimum absolute atomic E-state index is 0.0150. The lowest BCUT2D eigenvalue weighted by Gasteiger charge is -2.06. The first kappa shape index (κ1) is 14.6. The molecule has 0 aliphatic heterocycles. The molecule has 0 radical (unpaired) electrons. The molecule has 0 spiro atoms. The highest BCUT2D eigenvalue weighted by atomic mass is 32.2. The number of sulfonamides is 1. The highest BCUT2D eigenvalue weighted by molar-refractivity contribution is 7.89. The van der Waals surface area contributed by atoms with E-state index in [1.165, 1.54) is 6.07 Å². The summed E-state index contributed by atoms with van der Waals surface area (Å²) >= 11 is 0. The molecule has 0 unspecified atom stereocenters. The number of aryl methyl sites for hydroxylation is 1. The Morgan fingerprint density at radius 1 is 1.20 bits per heavy atom. The van der Waals surface area contributed by atoms with Gasteiger partial charge in [0.25, 0.3) is 10.0 Å². The van der Waals surface area contributed by atoms with Gasteiger partial charge in [-0.05, 0) is 18.7 Å². The molecule has 2 rings (SSSR count). The summed E-state index contributed by atoms with van der Waals surface area (Å²) in [6.07, 6.45) is 4.92. The second-order valence-electron chi connectivity index (χ2n) is 4.38. The molecule has 0 aliphatic carbocycles. The lowest BCUT2D eigenvalue weighted by molar-refractivity contribution is 0.577. The molecular weight excluding hydrogens is 278 g/mol. The molecule has 108 valence electrons. The van der Waals surface area contributed by atoms with Gasteiger partial charge in [-0.25, -0.2) is 18.1 Å². The molecule has 0 aromatic carbocycles. The summed E-state index contributed by atoms with van der Waals surface area (Å²) in [4.78, 5) is 3.98. The summed E-state index contributed by atoms with van der Waals surface area (Å²) < 4.78 is 28.2. The highest BCUT2D eigenvalue weighted by Crippen LogP contribution is 2.07. The van der Waals surface area contributed by atoms with Crippen molar-refractivity contribution in [2.75, 3.05) is 7.05 Å². The smallest absolute Gasteiger partial charge is 0.258 e. The van der Waals surface area contributed by atoms with E-state index in [4.69, 9.17) is 0 Å². The van der Waals surface area contributed by atoms with Crippen LogP contribution in [0.1, 0.15) is 11.1 Å². The molecule has 7 nitrogen and oxygen atoms in total. The maximum Gasteiger partial charge on any atom is 0.258 e. The first-order valence-electron chi connectivity index (χ1n) is 6.08. The fourth-order valence-electron chi connectivity index (χ4n) is 1.69. The third kappa shape index (κ3) is 3.62. The minimum atomic E-state index is -3.60. The molecule has 0 atom stereocenters. The maximum absolute atomic E-state index is 12.1. The van der Waals surface area contributed by atoms with Gasteiger partial charge in [-0.1, -0.05) is 6.07 Å². The normalized spacial score (nSPS) is 11.7. The van der Waals surface area contributed by atoms with Crippen molar-refractivity contribution in [2.24, 2.45) is 7.05 Å². The predicted molar refractivity (Wildman–Crippen MR) is 74.2 cm³/mol. The second-order valence-corrected chi connectivity index (χ2v) is 6.10. The van der Waals surface area contributed by atoms with Gasteiger partial charge in [0.05, 0.1) is 6.20 Å². The average Bonchev–Trinajstić information content (AvgIpc) is 2.84. The Labute approximate surface area is 118 Å². The van der Waals surface area contributed by atoms with E-state index in [-0.39, 0.29) is 11.6 Å². The summed E-state index contributed by atoms with van der Waals surface area (Å²) in [7, 11) is -0.00210. The Balaban J connectivity index is 2.05. The van der Waals surface area contributed by atoms with E-state index in [0.717, 1.165) is 11.1 Å². The monoisotopic (exact) mass is 295 g/mol. The Hall–Kier alpha value is -1.77. The van der Waals surface area contributed by atoms with Gasteiger partial charge < -0.3 is 5.32 Å². The molecule has 2 aromatic rings. The minimum Gasteiger partial charge on any atom is -0.316 e. The maximum atomic E-state index is 12.1. The van der Waals surface area contributed by atoms with Crippen LogP contribution in [0.15, 0.2) is 35.7 Å². The first-order chi connectivity index (χ1) is 9.51. The fraction of sp³-hybridized carbons (Fsp3) is 0.333. The number of hydrogen-bond donors (Lipinski definition) is 2. The van der Waals surface area contributed by atoms with Gasteiger partial charge in [-0.15, -0.1) is 0 Å². The van der Waals surface area contributed by atoms with Gasteiger partial charge >= 0.3 is 0 Å². The van der Waals surface area contributed by atoms with Crippen molar-refractivity contribution < 1.29 is 8.42 Å². The van der Waals surface area contributed by atoms with E-state index in [2.05, 4.69) is 20.1 Å². The van der Waals surface area contributed by atoms with Crippen molar-refractivity contribution in [2.45, 2.75) is 18.1 Å².